The molecule has 1 heterocycles. The number of nitrogens with one attached hydrogen (secondary N) is 1. The Morgan fingerprint density at radius 1 is 1.30 bits per heavy atom. The van der Waals surface area contributed by atoms with Gasteiger partial charge in [-0.1, -0.05) is 0 Å². The van der Waals surface area contributed by atoms with E-state index in [0.29, 0.717) is 0 Å². The summed E-state index contributed by atoms with van der Waals surface area (Å²) < 4.78 is 26.5. The zero-order valence-electron chi connectivity index (χ0n) is 10.0. The van der Waals surface area contributed by atoms with Gasteiger partial charge in [0.2, 0.25) is 0 Å². The van der Waals surface area contributed by atoms with E-state index in [9.17, 15) is 13.2 Å². The highest BCUT2D eigenvalue weighted by Crippen LogP contribution is 2.21. The lowest BCUT2D eigenvalue weighted by molar-refractivity contribution is 0.0692. The number of sulfonamides is 1. The van der Waals surface area contributed by atoms with Crippen molar-refractivity contribution >= 4 is 27.5 Å². The van der Waals surface area contributed by atoms with Crippen molar-refractivity contribution in [2.45, 2.75) is 4.90 Å². The van der Waals surface area contributed by atoms with Gasteiger partial charge in [-0.25, -0.2) is 18.2 Å². The van der Waals surface area contributed by atoms with Crippen LogP contribution in [0.1, 0.15) is 10.4 Å². The highest BCUT2D eigenvalue weighted by molar-refractivity contribution is 7.92. The number of hydrogen-bond acceptors (Lipinski definition) is 6. The second kappa shape index (κ2) is 5.13. The van der Waals surface area contributed by atoms with Crippen LogP contribution in [0.2, 0.25) is 0 Å². The number of carboxylic acid groups (broad SMARTS) is 1. The van der Waals surface area contributed by atoms with Gasteiger partial charge in [-0.15, -0.1) is 0 Å². The summed E-state index contributed by atoms with van der Waals surface area (Å²) in [6.45, 7) is 0. The summed E-state index contributed by atoms with van der Waals surface area (Å²) in [4.78, 5) is 18.2. The molecule has 0 amide bonds. The molecular formula is C11H10N4O4S. The lowest BCUT2D eigenvalue weighted by Gasteiger charge is -2.09. The molecule has 0 aliphatic carbocycles. The number of rotatable bonds is 4. The molecule has 0 saturated carbocycles. The van der Waals surface area contributed by atoms with Gasteiger partial charge in [-0.3, -0.25) is 9.71 Å². The molecule has 20 heavy (non-hydrogen) atoms. The average molecular weight is 294 g/mol. The smallest absolute Gasteiger partial charge is 0.337 e. The summed E-state index contributed by atoms with van der Waals surface area (Å²) in [5, 5.41) is 9.04. The number of nitrogen functional groups attached to an aromatic ring is 1. The fourth-order valence-electron chi connectivity index (χ4n) is 1.49. The van der Waals surface area contributed by atoms with Crippen LogP contribution < -0.4 is 10.5 Å². The summed E-state index contributed by atoms with van der Waals surface area (Å²) in [5.74, 6) is -1.41. The summed E-state index contributed by atoms with van der Waals surface area (Å²) in [6.07, 6.45) is 3.89. The van der Waals surface area contributed by atoms with Gasteiger partial charge in [0.05, 0.1) is 11.8 Å². The summed E-state index contributed by atoms with van der Waals surface area (Å²) in [5.41, 5.74) is 5.20. The van der Waals surface area contributed by atoms with Gasteiger partial charge in [0.1, 0.15) is 4.90 Å². The van der Waals surface area contributed by atoms with Gasteiger partial charge in [0, 0.05) is 18.1 Å². The maximum atomic E-state index is 12.2. The fourth-order valence-corrected chi connectivity index (χ4v) is 2.67. The monoisotopic (exact) mass is 294 g/mol. The van der Waals surface area contributed by atoms with E-state index in [2.05, 4.69) is 14.7 Å². The molecule has 0 unspecified atom stereocenters. The van der Waals surface area contributed by atoms with E-state index in [-0.39, 0.29) is 11.5 Å². The minimum absolute atomic E-state index is 0.0133. The Morgan fingerprint density at radius 2 is 2.05 bits per heavy atom. The molecule has 1 aromatic carbocycles. The van der Waals surface area contributed by atoms with Crippen LogP contribution in [0.5, 0.6) is 0 Å². The van der Waals surface area contributed by atoms with Gasteiger partial charge in [-0.05, 0) is 18.2 Å². The molecule has 1 aromatic heterocycles. The van der Waals surface area contributed by atoms with Crippen molar-refractivity contribution in [1.29, 1.82) is 0 Å². The van der Waals surface area contributed by atoms with Crippen LogP contribution in [-0.2, 0) is 10.0 Å². The van der Waals surface area contributed by atoms with Crippen molar-refractivity contribution in [3.63, 3.8) is 0 Å². The van der Waals surface area contributed by atoms with E-state index in [1.165, 1.54) is 24.7 Å². The Kier molecular flexibility index (Phi) is 3.53. The quantitative estimate of drug-likeness (QED) is 0.701. The van der Waals surface area contributed by atoms with E-state index in [0.717, 1.165) is 12.1 Å². The van der Waals surface area contributed by atoms with Crippen LogP contribution in [0, 0.1) is 0 Å². The first-order valence-electron chi connectivity index (χ1n) is 5.32. The highest BCUT2D eigenvalue weighted by atomic mass is 32.2. The van der Waals surface area contributed by atoms with Crippen molar-refractivity contribution < 1.29 is 18.3 Å². The van der Waals surface area contributed by atoms with Gasteiger partial charge in [-0.2, -0.15) is 0 Å². The molecule has 0 fully saturated rings. The van der Waals surface area contributed by atoms with Crippen LogP contribution in [-0.4, -0.2) is 29.5 Å². The lowest BCUT2D eigenvalue weighted by atomic mass is 10.2. The molecule has 0 bridgehead atoms. The predicted octanol–water partition coefficient (Wildman–Crippen LogP) is 0.558. The van der Waals surface area contributed by atoms with E-state index in [1.54, 1.807) is 0 Å². The molecule has 0 spiro atoms. The first-order valence-corrected chi connectivity index (χ1v) is 6.80. The highest BCUT2D eigenvalue weighted by Gasteiger charge is 2.23. The van der Waals surface area contributed by atoms with E-state index < -0.39 is 26.5 Å². The van der Waals surface area contributed by atoms with Crippen LogP contribution in [0.25, 0.3) is 0 Å². The Morgan fingerprint density at radius 3 is 2.65 bits per heavy atom. The maximum Gasteiger partial charge on any atom is 0.337 e. The predicted molar refractivity (Wildman–Crippen MR) is 70.7 cm³/mol. The molecule has 9 heteroatoms. The first-order chi connectivity index (χ1) is 9.40. The third kappa shape index (κ3) is 2.83. The number of benzene rings is 1. The molecule has 0 aliphatic heterocycles. The molecular weight excluding hydrogens is 284 g/mol. The average Bonchev–Trinajstić information content (AvgIpc) is 2.38. The second-order valence-electron chi connectivity index (χ2n) is 3.76. The zero-order valence-corrected chi connectivity index (χ0v) is 10.8. The van der Waals surface area contributed by atoms with E-state index in [1.807, 2.05) is 0 Å². The number of aromatic nitrogens is 2. The van der Waals surface area contributed by atoms with Gasteiger partial charge in [0.25, 0.3) is 10.0 Å². The van der Waals surface area contributed by atoms with Gasteiger partial charge < -0.3 is 10.8 Å². The molecule has 0 radical (unpaired) electrons. The largest absolute Gasteiger partial charge is 0.478 e. The molecule has 0 atom stereocenters. The van der Waals surface area contributed by atoms with E-state index in [4.69, 9.17) is 10.8 Å². The molecule has 2 rings (SSSR count). The number of carboxylic acids is 1. The topological polar surface area (TPSA) is 135 Å². The van der Waals surface area contributed by atoms with Crippen molar-refractivity contribution in [2.24, 2.45) is 0 Å². The molecule has 2 aromatic rings. The van der Waals surface area contributed by atoms with Crippen LogP contribution in [0.3, 0.4) is 0 Å². The number of hydrogen-bond donors (Lipinski definition) is 3. The number of carbonyl (C=O) groups is 1. The molecule has 0 aliphatic rings. The van der Waals surface area contributed by atoms with Gasteiger partial charge >= 0.3 is 5.97 Å². The van der Waals surface area contributed by atoms with E-state index >= 15 is 0 Å². The fraction of sp³-hybridized carbons (Fsp3) is 0. The number of anilines is 2. The second-order valence-corrected chi connectivity index (χ2v) is 5.41. The Balaban J connectivity index is 2.47. The van der Waals surface area contributed by atoms with Crippen molar-refractivity contribution in [2.75, 3.05) is 10.5 Å². The molecule has 8 nitrogen and oxygen atoms in total. The third-order valence-corrected chi connectivity index (χ3v) is 3.74. The Labute approximate surface area is 114 Å². The lowest BCUT2D eigenvalue weighted by Crippen LogP contribution is -2.17. The molecule has 104 valence electrons. The third-order valence-electron chi connectivity index (χ3n) is 2.33. The zero-order chi connectivity index (χ0) is 14.8. The first kappa shape index (κ1) is 13.7. The number of aromatic carboxylic acids is 1. The number of nitrogens with two attached hydrogens (primary N) is 1. The van der Waals surface area contributed by atoms with Crippen molar-refractivity contribution in [3.8, 4) is 0 Å². The van der Waals surface area contributed by atoms with Crippen LogP contribution in [0.4, 0.5) is 11.5 Å². The van der Waals surface area contributed by atoms with Crippen molar-refractivity contribution in [1.82, 2.24) is 9.97 Å². The summed E-state index contributed by atoms with van der Waals surface area (Å²) in [7, 11) is -4.09. The minimum atomic E-state index is -4.09. The Bertz CT molecular complexity index is 746. The molecule has 0 saturated heterocycles. The minimum Gasteiger partial charge on any atom is -0.478 e. The maximum absolute atomic E-state index is 12.2. The summed E-state index contributed by atoms with van der Waals surface area (Å²) >= 11 is 0. The standard InChI is InChI=1S/C11H10N4O4S/c12-7-1-2-9(8(5-7)11(16)17)20(18,19)15-10-6-13-3-4-14-10/h1-6H,12H2,(H,14,15)(H,16,17). The SMILES string of the molecule is Nc1ccc(S(=O)(=O)Nc2cnccn2)c(C(=O)O)c1. The van der Waals surface area contributed by atoms with Crippen LogP contribution in [0.15, 0.2) is 41.7 Å². The number of nitrogens with zero attached hydrogens (tertiary/aromatic N) is 2. The normalized spacial score (nSPS) is 11.0. The Hall–Kier alpha value is -2.68. The van der Waals surface area contributed by atoms with Crippen molar-refractivity contribution in [3.05, 3.63) is 42.4 Å². The summed E-state index contributed by atoms with van der Waals surface area (Å²) in [6, 6.07) is 3.50. The van der Waals surface area contributed by atoms with Crippen LogP contribution >= 0.6 is 0 Å². The van der Waals surface area contributed by atoms with Gasteiger partial charge in [0.15, 0.2) is 5.82 Å². The molecule has 4 N–H and O–H groups in total.